The largest absolute Gasteiger partial charge is 0.481 e. The zero-order chi connectivity index (χ0) is 38.9. The van der Waals surface area contributed by atoms with E-state index in [1.807, 2.05) is 17.0 Å². The van der Waals surface area contributed by atoms with Gasteiger partial charge in [-0.05, 0) is 61.9 Å². The molecule has 55 heavy (non-hydrogen) atoms. The second-order valence-corrected chi connectivity index (χ2v) is 17.5. The third-order valence-corrected chi connectivity index (χ3v) is 13.1. The zero-order valence-corrected chi connectivity index (χ0v) is 33.4. The lowest BCUT2D eigenvalue weighted by Gasteiger charge is -2.31. The number of benzene rings is 1. The van der Waals surface area contributed by atoms with Gasteiger partial charge in [-0.25, -0.2) is 27.1 Å². The number of piperidine rings is 1. The Balaban J connectivity index is 1.05. The fourth-order valence-electron chi connectivity index (χ4n) is 7.96. The topological polar surface area (TPSA) is 133 Å². The van der Waals surface area contributed by atoms with E-state index in [9.17, 15) is 13.2 Å². The summed E-state index contributed by atoms with van der Waals surface area (Å²) >= 11 is 14.0. The van der Waals surface area contributed by atoms with Gasteiger partial charge in [0, 0.05) is 93.4 Å². The van der Waals surface area contributed by atoms with E-state index >= 15 is 4.39 Å². The predicted octanol–water partition coefficient (Wildman–Crippen LogP) is 6.36. The van der Waals surface area contributed by atoms with E-state index in [1.54, 1.807) is 61.1 Å². The van der Waals surface area contributed by atoms with E-state index in [-0.39, 0.29) is 23.2 Å². The van der Waals surface area contributed by atoms with Crippen molar-refractivity contribution in [3.8, 4) is 28.4 Å². The average molecular weight is 812 g/mol. The second kappa shape index (κ2) is 16.3. The lowest BCUT2D eigenvalue weighted by molar-refractivity contribution is -0.129. The van der Waals surface area contributed by atoms with Gasteiger partial charge in [0.05, 0.1) is 40.5 Å². The quantitative estimate of drug-likeness (QED) is 0.176. The van der Waals surface area contributed by atoms with Crippen molar-refractivity contribution in [3.63, 3.8) is 0 Å². The zero-order valence-electron chi connectivity index (χ0n) is 31.1. The van der Waals surface area contributed by atoms with E-state index in [0.29, 0.717) is 89.0 Å². The summed E-state index contributed by atoms with van der Waals surface area (Å²) in [6.07, 6.45) is 7.90. The molecule has 4 aromatic rings. The Morgan fingerprint density at radius 2 is 1.73 bits per heavy atom. The molecule has 0 aliphatic carbocycles. The van der Waals surface area contributed by atoms with Crippen LogP contribution < -0.4 is 15.4 Å². The normalized spacial score (nSPS) is 19.7. The first kappa shape index (κ1) is 39.3. The van der Waals surface area contributed by atoms with Gasteiger partial charge in [-0.3, -0.25) is 14.7 Å². The minimum absolute atomic E-state index is 0.0259. The molecule has 1 atom stereocenters. The van der Waals surface area contributed by atoms with Crippen molar-refractivity contribution >= 4 is 50.6 Å². The Morgan fingerprint density at radius 3 is 2.45 bits per heavy atom. The Hall–Kier alpha value is -3.92. The number of sulfonamides is 1. The Morgan fingerprint density at radius 1 is 0.964 bits per heavy atom. The van der Waals surface area contributed by atoms with Crippen molar-refractivity contribution in [2.45, 2.75) is 51.7 Å². The highest BCUT2D eigenvalue weighted by Gasteiger charge is 2.45. The van der Waals surface area contributed by atoms with Crippen molar-refractivity contribution in [2.75, 3.05) is 58.0 Å². The number of likely N-dealkylation sites (tertiary alicyclic amines) is 2. The number of carbonyl (C=O) groups is 1. The number of hydrogen-bond donors (Lipinski definition) is 2. The van der Waals surface area contributed by atoms with Crippen LogP contribution >= 0.6 is 23.2 Å². The third kappa shape index (κ3) is 8.59. The summed E-state index contributed by atoms with van der Waals surface area (Å²) in [5.74, 6) is 0.107. The molecule has 2 N–H and O–H groups in total. The number of aromatic nitrogens is 3. The van der Waals surface area contributed by atoms with Gasteiger partial charge in [0.25, 0.3) is 0 Å². The first-order valence-electron chi connectivity index (χ1n) is 18.4. The van der Waals surface area contributed by atoms with E-state index in [2.05, 4.69) is 25.5 Å². The maximum atomic E-state index is 15.7. The molecular weight excluding hydrogens is 766 g/mol. The van der Waals surface area contributed by atoms with Gasteiger partial charge >= 0.3 is 0 Å². The molecule has 0 bridgehead atoms. The van der Waals surface area contributed by atoms with E-state index < -0.39 is 15.8 Å². The van der Waals surface area contributed by atoms with Crippen LogP contribution in [-0.4, -0.2) is 102 Å². The molecule has 1 amide bonds. The van der Waals surface area contributed by atoms with Crippen LogP contribution in [-0.2, 0) is 27.9 Å². The summed E-state index contributed by atoms with van der Waals surface area (Å²) in [5.41, 5.74) is 4.00. The molecular formula is C39H45Cl2FN8O4S. The minimum Gasteiger partial charge on any atom is -0.481 e. The van der Waals surface area contributed by atoms with Crippen molar-refractivity contribution in [1.82, 2.24) is 34.4 Å². The molecule has 1 spiro atoms. The van der Waals surface area contributed by atoms with Gasteiger partial charge in [-0.15, -0.1) is 0 Å². The van der Waals surface area contributed by atoms with E-state index in [1.165, 1.54) is 6.26 Å². The number of pyridine rings is 3. The molecule has 16 heteroatoms. The van der Waals surface area contributed by atoms with E-state index in [0.717, 1.165) is 44.3 Å². The van der Waals surface area contributed by atoms with Gasteiger partial charge in [-0.2, -0.15) is 0 Å². The molecule has 1 unspecified atom stereocenters. The van der Waals surface area contributed by atoms with Gasteiger partial charge < -0.3 is 20.3 Å². The maximum Gasteiger partial charge on any atom is 0.219 e. The summed E-state index contributed by atoms with van der Waals surface area (Å²) in [4.78, 5) is 29.5. The van der Waals surface area contributed by atoms with Crippen molar-refractivity contribution in [2.24, 2.45) is 5.41 Å². The minimum atomic E-state index is -3.20. The Labute approximate surface area is 331 Å². The second-order valence-electron chi connectivity index (χ2n) is 14.8. The number of hydrogen-bond acceptors (Lipinski definition) is 10. The van der Waals surface area contributed by atoms with Gasteiger partial charge in [0.15, 0.2) is 11.6 Å². The molecule has 3 aromatic heterocycles. The van der Waals surface area contributed by atoms with Crippen molar-refractivity contribution < 1.29 is 22.3 Å². The number of carbonyl (C=O) groups excluding carboxylic acids is 1. The van der Waals surface area contributed by atoms with Gasteiger partial charge in [0.2, 0.25) is 21.8 Å². The number of nitrogens with one attached hydrogen (secondary N) is 2. The molecule has 12 nitrogen and oxygen atoms in total. The summed E-state index contributed by atoms with van der Waals surface area (Å²) in [6, 6.07) is 12.8. The predicted molar refractivity (Wildman–Crippen MR) is 212 cm³/mol. The summed E-state index contributed by atoms with van der Waals surface area (Å²) in [6.45, 7) is 6.70. The highest BCUT2D eigenvalue weighted by Crippen LogP contribution is 2.43. The smallest absolute Gasteiger partial charge is 0.219 e. The van der Waals surface area contributed by atoms with Crippen LogP contribution in [0.15, 0.2) is 54.9 Å². The standard InChI is InChI=1S/C39H45Cl2FN8O4S/c1-25(51)49-17-11-28(12-18-49)45-21-26-9-15-44-37(35(26)42)46-32-6-4-5-30(33(32)40)36-34(41)29(10-16-43-36)31-8-7-27(38(47-31)54-2)22-48-19-13-39(23-48)14-20-50(24-39)55(3,52)53/h4-10,15-16,28,45H,11-14,17-24H2,1-3H3,(H,44,46). The lowest BCUT2D eigenvalue weighted by Crippen LogP contribution is -2.44. The molecule has 0 radical (unpaired) electrons. The summed E-state index contributed by atoms with van der Waals surface area (Å²) in [7, 11) is -1.62. The Bertz CT molecular complexity index is 2190. The van der Waals surface area contributed by atoms with Crippen LogP contribution in [0.25, 0.3) is 22.5 Å². The molecule has 292 valence electrons. The molecule has 0 saturated carbocycles. The molecule has 1 aromatic carbocycles. The number of halogens is 3. The van der Waals surface area contributed by atoms with Crippen LogP contribution in [0.1, 0.15) is 43.7 Å². The third-order valence-electron chi connectivity index (χ3n) is 11.1. The number of rotatable bonds is 11. The summed E-state index contributed by atoms with van der Waals surface area (Å²) in [5, 5.41) is 7.12. The Kier molecular flexibility index (Phi) is 11.6. The number of amides is 1. The van der Waals surface area contributed by atoms with Crippen LogP contribution in [0.4, 0.5) is 15.9 Å². The maximum absolute atomic E-state index is 15.7. The highest BCUT2D eigenvalue weighted by atomic mass is 35.5. The monoisotopic (exact) mass is 810 g/mol. The average Bonchev–Trinajstić information content (AvgIpc) is 3.79. The van der Waals surface area contributed by atoms with Crippen molar-refractivity contribution in [3.05, 3.63) is 81.8 Å². The molecule has 3 fully saturated rings. The molecule has 7 rings (SSSR count). The van der Waals surface area contributed by atoms with Gasteiger partial charge in [0.1, 0.15) is 0 Å². The lowest BCUT2D eigenvalue weighted by atomic mass is 9.86. The number of ether oxygens (including phenoxy) is 1. The fourth-order valence-corrected chi connectivity index (χ4v) is 9.46. The van der Waals surface area contributed by atoms with Gasteiger partial charge in [-0.1, -0.05) is 41.4 Å². The first-order chi connectivity index (χ1) is 26.3. The SMILES string of the molecule is COc1nc(-c2ccnc(-c3cccc(Nc4nccc(CNC5CCN(C(C)=O)CC5)c4F)c3Cl)c2Cl)ccc1CN1CCC2(CCN(S(C)(=O)=O)C2)C1. The van der Waals surface area contributed by atoms with Crippen molar-refractivity contribution in [1.29, 1.82) is 0 Å². The van der Waals surface area contributed by atoms with Crippen LogP contribution in [0, 0.1) is 11.2 Å². The molecule has 3 saturated heterocycles. The molecule has 3 aliphatic heterocycles. The molecule has 3 aliphatic rings. The first-order valence-corrected chi connectivity index (χ1v) is 21.0. The summed E-state index contributed by atoms with van der Waals surface area (Å²) < 4.78 is 47.4. The van der Waals surface area contributed by atoms with Crippen LogP contribution in [0.2, 0.25) is 10.0 Å². The number of methoxy groups -OCH3 is 1. The number of nitrogens with zero attached hydrogens (tertiary/aromatic N) is 6. The molecule has 6 heterocycles. The van der Waals surface area contributed by atoms with Crippen LogP contribution in [0.5, 0.6) is 5.88 Å². The highest BCUT2D eigenvalue weighted by molar-refractivity contribution is 7.88. The van der Waals surface area contributed by atoms with E-state index in [4.69, 9.17) is 32.9 Å². The fraction of sp³-hybridized carbons (Fsp3) is 0.436. The van der Waals surface area contributed by atoms with Crippen LogP contribution in [0.3, 0.4) is 0 Å². The number of anilines is 2.